The number of nitrogens with zero attached hydrogens (tertiary/aromatic N) is 1. The molecule has 0 aliphatic rings. The maximum Gasteiger partial charge on any atom is 0.265 e. The lowest BCUT2D eigenvalue weighted by molar-refractivity contribution is 0.592. The third-order valence-electron chi connectivity index (χ3n) is 3.60. The van der Waals surface area contributed by atoms with Crippen LogP contribution >= 0.6 is 23.2 Å². The number of rotatable bonds is 5. The highest BCUT2D eigenvalue weighted by Crippen LogP contribution is 2.31. The summed E-state index contributed by atoms with van der Waals surface area (Å²) in [6.45, 7) is 6.27. The summed E-state index contributed by atoms with van der Waals surface area (Å²) < 4.78 is 27.2. The van der Waals surface area contributed by atoms with Crippen molar-refractivity contribution in [1.29, 1.82) is 0 Å². The van der Waals surface area contributed by atoms with Gasteiger partial charge in [-0.05, 0) is 48.7 Å². The van der Waals surface area contributed by atoms with E-state index in [0.29, 0.717) is 23.2 Å². The van der Waals surface area contributed by atoms with Crippen molar-refractivity contribution in [2.24, 2.45) is 0 Å². The number of halogens is 2. The van der Waals surface area contributed by atoms with E-state index in [1.807, 2.05) is 24.3 Å². The zero-order chi connectivity index (χ0) is 17.2. The Balaban J connectivity index is 2.48. The van der Waals surface area contributed by atoms with Crippen LogP contribution in [0.3, 0.4) is 0 Å². The minimum absolute atomic E-state index is 0.0152. The van der Waals surface area contributed by atoms with E-state index in [0.717, 1.165) is 5.56 Å². The van der Waals surface area contributed by atoms with E-state index in [1.54, 1.807) is 13.0 Å². The lowest BCUT2D eigenvalue weighted by Crippen LogP contribution is -2.31. The third-order valence-corrected chi connectivity index (χ3v) is 6.22. The van der Waals surface area contributed by atoms with Crippen LogP contribution in [0.15, 0.2) is 47.4 Å². The minimum atomic E-state index is -3.77. The Kier molecular flexibility index (Phi) is 5.61. The average molecular weight is 372 g/mol. The fourth-order valence-electron chi connectivity index (χ4n) is 2.31. The van der Waals surface area contributed by atoms with E-state index in [2.05, 4.69) is 13.8 Å². The summed E-state index contributed by atoms with van der Waals surface area (Å²) in [4.78, 5) is 0.0152. The van der Waals surface area contributed by atoms with Crippen molar-refractivity contribution in [2.75, 3.05) is 10.8 Å². The normalized spacial score (nSPS) is 11.7. The zero-order valence-corrected chi connectivity index (χ0v) is 15.6. The molecule has 2 rings (SSSR count). The van der Waals surface area contributed by atoms with Crippen molar-refractivity contribution in [1.82, 2.24) is 0 Å². The molecule has 0 atom stereocenters. The first kappa shape index (κ1) is 18.1. The van der Waals surface area contributed by atoms with Crippen molar-refractivity contribution >= 4 is 38.9 Å². The monoisotopic (exact) mass is 371 g/mol. The summed E-state index contributed by atoms with van der Waals surface area (Å²) in [7, 11) is -3.77. The maximum atomic E-state index is 12.9. The SMILES string of the molecule is CCN(c1ccc(C(C)C)cc1)S(=O)(=O)c1cc(Cl)ccc1Cl. The van der Waals surface area contributed by atoms with E-state index >= 15 is 0 Å². The van der Waals surface area contributed by atoms with E-state index in [-0.39, 0.29) is 9.92 Å². The Morgan fingerprint density at radius 3 is 2.17 bits per heavy atom. The highest BCUT2D eigenvalue weighted by Gasteiger charge is 2.26. The van der Waals surface area contributed by atoms with Crippen molar-refractivity contribution in [3.05, 3.63) is 58.1 Å². The topological polar surface area (TPSA) is 37.4 Å². The Hall–Kier alpha value is -1.23. The first-order valence-corrected chi connectivity index (χ1v) is 9.54. The molecule has 0 amide bonds. The van der Waals surface area contributed by atoms with Gasteiger partial charge in [0.05, 0.1) is 10.7 Å². The highest BCUT2D eigenvalue weighted by molar-refractivity contribution is 7.93. The van der Waals surface area contributed by atoms with E-state index in [9.17, 15) is 8.42 Å². The Labute approximate surface area is 147 Å². The van der Waals surface area contributed by atoms with Gasteiger partial charge in [-0.25, -0.2) is 8.42 Å². The largest absolute Gasteiger partial charge is 0.267 e. The van der Waals surface area contributed by atoms with Crippen LogP contribution in [0.25, 0.3) is 0 Å². The van der Waals surface area contributed by atoms with Crippen LogP contribution in [0.5, 0.6) is 0 Å². The van der Waals surface area contributed by atoms with Gasteiger partial charge in [-0.2, -0.15) is 0 Å². The molecule has 0 saturated heterocycles. The Morgan fingerprint density at radius 2 is 1.65 bits per heavy atom. The number of sulfonamides is 1. The molecule has 0 aliphatic carbocycles. The molecule has 0 unspecified atom stereocenters. The van der Waals surface area contributed by atoms with Gasteiger partial charge in [-0.1, -0.05) is 49.2 Å². The minimum Gasteiger partial charge on any atom is -0.267 e. The molecular weight excluding hydrogens is 353 g/mol. The molecule has 23 heavy (non-hydrogen) atoms. The maximum absolute atomic E-state index is 12.9. The van der Waals surface area contributed by atoms with E-state index in [4.69, 9.17) is 23.2 Å². The fraction of sp³-hybridized carbons (Fsp3) is 0.294. The molecule has 0 radical (unpaired) electrons. The van der Waals surface area contributed by atoms with Crippen LogP contribution < -0.4 is 4.31 Å². The van der Waals surface area contributed by atoms with Crippen LogP contribution in [0.2, 0.25) is 10.0 Å². The van der Waals surface area contributed by atoms with Crippen LogP contribution in [0.1, 0.15) is 32.3 Å². The lowest BCUT2D eigenvalue weighted by Gasteiger charge is -2.24. The number of hydrogen-bond donors (Lipinski definition) is 0. The highest BCUT2D eigenvalue weighted by atomic mass is 35.5. The molecule has 6 heteroatoms. The quantitative estimate of drug-likeness (QED) is 0.711. The Bertz CT molecular complexity index is 787. The predicted molar refractivity (Wildman–Crippen MR) is 97.2 cm³/mol. The molecule has 0 aromatic heterocycles. The molecular formula is C17H19Cl2NO2S. The van der Waals surface area contributed by atoms with Crippen molar-refractivity contribution in [2.45, 2.75) is 31.6 Å². The third kappa shape index (κ3) is 3.82. The molecule has 124 valence electrons. The van der Waals surface area contributed by atoms with Crippen LogP contribution in [-0.4, -0.2) is 15.0 Å². The summed E-state index contributed by atoms with van der Waals surface area (Å²) in [6.07, 6.45) is 0. The van der Waals surface area contributed by atoms with Gasteiger partial charge in [-0.15, -0.1) is 0 Å². The van der Waals surface area contributed by atoms with Gasteiger partial charge < -0.3 is 0 Å². The second kappa shape index (κ2) is 7.12. The fourth-order valence-corrected chi connectivity index (χ4v) is 4.52. The van der Waals surface area contributed by atoms with Crippen molar-refractivity contribution < 1.29 is 8.42 Å². The van der Waals surface area contributed by atoms with Gasteiger partial charge in [0, 0.05) is 11.6 Å². The van der Waals surface area contributed by atoms with Crippen LogP contribution in [0.4, 0.5) is 5.69 Å². The molecule has 2 aromatic carbocycles. The average Bonchev–Trinajstić information content (AvgIpc) is 2.50. The van der Waals surface area contributed by atoms with E-state index < -0.39 is 10.0 Å². The lowest BCUT2D eigenvalue weighted by atomic mass is 10.0. The number of benzene rings is 2. The van der Waals surface area contributed by atoms with Crippen molar-refractivity contribution in [3.8, 4) is 0 Å². The number of hydrogen-bond acceptors (Lipinski definition) is 2. The van der Waals surface area contributed by atoms with Gasteiger partial charge in [0.15, 0.2) is 0 Å². The smallest absolute Gasteiger partial charge is 0.265 e. The molecule has 0 heterocycles. The standard InChI is InChI=1S/C17H19Cl2NO2S/c1-4-20(15-8-5-13(6-9-15)12(2)3)23(21,22)17-11-14(18)7-10-16(17)19/h5-12H,4H2,1-3H3. The van der Waals surface area contributed by atoms with Gasteiger partial charge in [-0.3, -0.25) is 4.31 Å². The second-order valence-corrected chi connectivity index (χ2v) is 8.17. The molecule has 2 aromatic rings. The Morgan fingerprint density at radius 1 is 1.04 bits per heavy atom. The molecule has 0 spiro atoms. The zero-order valence-electron chi connectivity index (χ0n) is 13.3. The summed E-state index contributed by atoms with van der Waals surface area (Å²) in [5, 5.41) is 0.492. The molecule has 0 fully saturated rings. The summed E-state index contributed by atoms with van der Waals surface area (Å²) in [5.41, 5.74) is 1.76. The predicted octanol–water partition coefficient (Wildman–Crippen LogP) is 5.33. The molecule has 3 nitrogen and oxygen atoms in total. The molecule has 0 saturated carbocycles. The van der Waals surface area contributed by atoms with Gasteiger partial charge in [0.25, 0.3) is 10.0 Å². The van der Waals surface area contributed by atoms with E-state index in [1.165, 1.54) is 16.4 Å². The van der Waals surface area contributed by atoms with Gasteiger partial charge >= 0.3 is 0 Å². The van der Waals surface area contributed by atoms with Gasteiger partial charge in [0.2, 0.25) is 0 Å². The van der Waals surface area contributed by atoms with Crippen LogP contribution in [-0.2, 0) is 10.0 Å². The van der Waals surface area contributed by atoms with Crippen LogP contribution in [0, 0.1) is 0 Å². The summed E-state index contributed by atoms with van der Waals surface area (Å²) in [5.74, 6) is 0.387. The molecule has 0 bridgehead atoms. The van der Waals surface area contributed by atoms with Crippen molar-refractivity contribution in [3.63, 3.8) is 0 Å². The first-order valence-electron chi connectivity index (χ1n) is 7.35. The van der Waals surface area contributed by atoms with Gasteiger partial charge in [0.1, 0.15) is 4.90 Å². The summed E-state index contributed by atoms with van der Waals surface area (Å²) in [6, 6.07) is 12.0. The second-order valence-electron chi connectivity index (χ2n) is 5.49. The summed E-state index contributed by atoms with van der Waals surface area (Å²) >= 11 is 12.0. The first-order chi connectivity index (χ1) is 10.8. The molecule has 0 N–H and O–H groups in total. The molecule has 0 aliphatic heterocycles. The number of anilines is 1.